The predicted molar refractivity (Wildman–Crippen MR) is 288 cm³/mol. The molecule has 0 aromatic heterocycles. The molecule has 69 heavy (non-hydrogen) atoms. The molecule has 10 aromatic rings. The third kappa shape index (κ3) is 5.94. The molecule has 14 rings (SSSR count). The molecule has 10 aromatic carbocycles. The number of hydrogen-bond donors (Lipinski definition) is 0. The maximum atomic E-state index is 3.38. The molecular formula is C67H44N2. The normalized spacial score (nSPS) is 16.0. The fourth-order valence-electron chi connectivity index (χ4n) is 12.1. The molecular weight excluding hydrogens is 833 g/mol. The third-order valence-electron chi connectivity index (χ3n) is 15.0. The van der Waals surface area contributed by atoms with E-state index in [4.69, 9.17) is 0 Å². The van der Waals surface area contributed by atoms with Gasteiger partial charge in [0.1, 0.15) is 0 Å². The molecule has 0 radical (unpaired) electrons. The molecule has 0 saturated heterocycles. The van der Waals surface area contributed by atoms with Gasteiger partial charge in [-0.3, -0.25) is 0 Å². The summed E-state index contributed by atoms with van der Waals surface area (Å²) >= 11 is 0. The Hall–Kier alpha value is -8.90. The second-order valence-electron chi connectivity index (χ2n) is 18.6. The number of para-hydroxylation sites is 4. The van der Waals surface area contributed by atoms with Crippen molar-refractivity contribution in [2.45, 2.75) is 18.3 Å². The first-order valence-corrected chi connectivity index (χ1v) is 24.0. The Bertz CT molecular complexity index is 3800. The molecule has 0 saturated carbocycles. The number of nitrogens with zero attached hydrogens (tertiary/aromatic N) is 2. The van der Waals surface area contributed by atoms with Crippen LogP contribution in [0.5, 0.6) is 0 Å². The SMILES string of the molecule is C1=C=CC(C2(c3ccccc3)c3cc(/C=C/c4c5ccccc5c(N5c6ccccc6Cc6ccccc65)c5ccccc45)ccc3-c3ccc(N4c5ccccc5Cc5ccccc54)cc32)=CC=1. The lowest BCUT2D eigenvalue weighted by atomic mass is 9.66. The van der Waals surface area contributed by atoms with Gasteiger partial charge in [-0.05, 0) is 138 Å². The van der Waals surface area contributed by atoms with Crippen molar-refractivity contribution in [1.29, 1.82) is 0 Å². The van der Waals surface area contributed by atoms with Crippen molar-refractivity contribution in [3.8, 4) is 11.1 Å². The molecule has 0 spiro atoms. The maximum Gasteiger partial charge on any atom is 0.0720 e. The highest BCUT2D eigenvalue weighted by Gasteiger charge is 2.47. The van der Waals surface area contributed by atoms with Crippen LogP contribution in [0.1, 0.15) is 50.1 Å². The van der Waals surface area contributed by atoms with Crippen molar-refractivity contribution < 1.29 is 0 Å². The Kier molecular flexibility index (Phi) is 8.88. The highest BCUT2D eigenvalue weighted by atomic mass is 15.2. The average molecular weight is 877 g/mol. The minimum absolute atomic E-state index is 0.631. The number of rotatable bonds is 6. The lowest BCUT2D eigenvalue weighted by Crippen LogP contribution is -2.29. The first-order chi connectivity index (χ1) is 34.2. The zero-order valence-corrected chi connectivity index (χ0v) is 37.9. The zero-order valence-electron chi connectivity index (χ0n) is 37.9. The molecule has 0 bridgehead atoms. The van der Waals surface area contributed by atoms with E-state index in [2.05, 4.69) is 258 Å². The monoisotopic (exact) mass is 876 g/mol. The molecule has 322 valence electrons. The minimum Gasteiger partial charge on any atom is -0.310 e. The summed E-state index contributed by atoms with van der Waals surface area (Å²) in [5, 5.41) is 4.89. The molecule has 0 N–H and O–H groups in total. The number of hydrogen-bond acceptors (Lipinski definition) is 2. The molecule has 2 aliphatic carbocycles. The number of anilines is 6. The lowest BCUT2D eigenvalue weighted by molar-refractivity contribution is 0.766. The molecule has 0 amide bonds. The van der Waals surface area contributed by atoms with Crippen LogP contribution in [0.2, 0.25) is 0 Å². The number of allylic oxidation sites excluding steroid dienone is 4. The Morgan fingerprint density at radius 1 is 0.420 bits per heavy atom. The lowest BCUT2D eigenvalue weighted by Gasteiger charge is -2.37. The van der Waals surface area contributed by atoms with E-state index in [1.165, 1.54) is 111 Å². The van der Waals surface area contributed by atoms with Gasteiger partial charge in [0, 0.05) is 52.1 Å². The van der Waals surface area contributed by atoms with Crippen LogP contribution >= 0.6 is 0 Å². The summed E-state index contributed by atoms with van der Waals surface area (Å²) in [7, 11) is 0. The average Bonchev–Trinajstić information content (AvgIpc) is 3.71. The Morgan fingerprint density at radius 3 is 1.48 bits per heavy atom. The summed E-state index contributed by atoms with van der Waals surface area (Å²) in [5.74, 6) is 0. The van der Waals surface area contributed by atoms with Crippen LogP contribution < -0.4 is 9.80 Å². The van der Waals surface area contributed by atoms with Crippen LogP contribution in [0.3, 0.4) is 0 Å². The summed E-state index contributed by atoms with van der Waals surface area (Å²) in [4.78, 5) is 4.98. The summed E-state index contributed by atoms with van der Waals surface area (Å²) < 4.78 is 0. The van der Waals surface area contributed by atoms with Gasteiger partial charge in [-0.1, -0.05) is 193 Å². The zero-order chi connectivity index (χ0) is 45.5. The van der Waals surface area contributed by atoms with Crippen molar-refractivity contribution in [1.82, 2.24) is 0 Å². The second-order valence-corrected chi connectivity index (χ2v) is 18.6. The molecule has 1 atom stereocenters. The van der Waals surface area contributed by atoms with Crippen LogP contribution in [0.25, 0.3) is 44.8 Å². The molecule has 2 nitrogen and oxygen atoms in total. The second kappa shape index (κ2) is 15.6. The third-order valence-corrected chi connectivity index (χ3v) is 15.0. The van der Waals surface area contributed by atoms with Gasteiger partial charge in [0.2, 0.25) is 0 Å². The van der Waals surface area contributed by atoms with Crippen molar-refractivity contribution in [3.63, 3.8) is 0 Å². The molecule has 2 aliphatic heterocycles. The van der Waals surface area contributed by atoms with Gasteiger partial charge >= 0.3 is 0 Å². The molecule has 0 fully saturated rings. The number of fused-ring (bicyclic) bond motifs is 9. The first kappa shape index (κ1) is 39.3. The van der Waals surface area contributed by atoms with Gasteiger partial charge in [0.15, 0.2) is 0 Å². The van der Waals surface area contributed by atoms with Gasteiger partial charge in [-0.15, -0.1) is 0 Å². The van der Waals surface area contributed by atoms with Crippen molar-refractivity contribution >= 4 is 67.8 Å². The fourth-order valence-corrected chi connectivity index (χ4v) is 12.1. The van der Waals surface area contributed by atoms with Crippen LogP contribution in [0, 0.1) is 0 Å². The van der Waals surface area contributed by atoms with Gasteiger partial charge in [-0.25, -0.2) is 0 Å². The predicted octanol–water partition coefficient (Wildman–Crippen LogP) is 17.0. The van der Waals surface area contributed by atoms with Gasteiger partial charge in [0.25, 0.3) is 0 Å². The Balaban J connectivity index is 0.958. The molecule has 1 unspecified atom stereocenters. The van der Waals surface area contributed by atoms with Gasteiger partial charge in [-0.2, -0.15) is 0 Å². The fraction of sp³-hybridized carbons (Fsp3) is 0.0448. The van der Waals surface area contributed by atoms with Gasteiger partial charge in [0.05, 0.1) is 11.1 Å². The van der Waals surface area contributed by atoms with Gasteiger partial charge < -0.3 is 9.80 Å². The van der Waals surface area contributed by atoms with E-state index in [1.54, 1.807) is 0 Å². The Morgan fingerprint density at radius 2 is 0.913 bits per heavy atom. The van der Waals surface area contributed by atoms with Crippen LogP contribution in [-0.4, -0.2) is 0 Å². The van der Waals surface area contributed by atoms with Crippen LogP contribution in [0.15, 0.2) is 248 Å². The smallest absolute Gasteiger partial charge is 0.0720 e. The maximum absolute atomic E-state index is 3.38. The van der Waals surface area contributed by atoms with E-state index in [0.29, 0.717) is 0 Å². The van der Waals surface area contributed by atoms with E-state index in [9.17, 15) is 0 Å². The van der Waals surface area contributed by atoms with E-state index in [-0.39, 0.29) is 0 Å². The summed E-state index contributed by atoms with van der Waals surface area (Å²) in [6, 6.07) is 78.8. The minimum atomic E-state index is -0.631. The van der Waals surface area contributed by atoms with Crippen LogP contribution in [0.4, 0.5) is 34.1 Å². The summed E-state index contributed by atoms with van der Waals surface area (Å²) in [6.07, 6.45) is 12.9. The quantitative estimate of drug-likeness (QED) is 0.0933. The van der Waals surface area contributed by atoms with Crippen LogP contribution in [-0.2, 0) is 18.3 Å². The van der Waals surface area contributed by atoms with Crippen molar-refractivity contribution in [2.24, 2.45) is 0 Å². The largest absolute Gasteiger partial charge is 0.310 e. The molecule has 4 aliphatic rings. The standard InChI is InChI=1S/C67H44N2/c1-3-23-50(24-4-1)67(51-25-5-2-6-26-51)60-41-45(36-39-56(60)57-40-37-52(44-61(57)67)68-62-31-15-7-19-46(62)42-47-20-8-16-32-63(47)68)35-38-55-53-27-11-13-29-58(53)66(59-30-14-12-28-54(55)59)69-64-33-17-9-21-48(64)43-49-22-10-18-34-65(49)69/h1,3-5,7-41,44H,42-43H2/b38-35+. The highest BCUT2D eigenvalue weighted by molar-refractivity contribution is 6.19. The van der Waals surface area contributed by atoms with Crippen molar-refractivity contribution in [3.05, 3.63) is 298 Å². The van der Waals surface area contributed by atoms with E-state index in [0.717, 1.165) is 24.1 Å². The molecule has 2 heterocycles. The first-order valence-electron chi connectivity index (χ1n) is 24.0. The summed E-state index contributed by atoms with van der Waals surface area (Å²) in [5.41, 5.74) is 28.3. The summed E-state index contributed by atoms with van der Waals surface area (Å²) in [6.45, 7) is 0. The molecule has 2 heteroatoms. The van der Waals surface area contributed by atoms with E-state index >= 15 is 0 Å². The topological polar surface area (TPSA) is 6.48 Å². The van der Waals surface area contributed by atoms with Crippen molar-refractivity contribution in [2.75, 3.05) is 9.80 Å². The number of benzene rings is 10. The Labute approximate surface area is 402 Å². The van der Waals surface area contributed by atoms with E-state index in [1.807, 2.05) is 6.08 Å². The highest BCUT2D eigenvalue weighted by Crippen LogP contribution is 2.59. The van der Waals surface area contributed by atoms with E-state index < -0.39 is 5.41 Å².